The second kappa shape index (κ2) is 44.8. The van der Waals surface area contributed by atoms with Crippen LogP contribution in [0.1, 0.15) is 284 Å². The number of carbonyl (C=O) groups excluding carboxylic acids is 1. The van der Waals surface area contributed by atoms with E-state index in [0.29, 0.717) is 12.8 Å². The van der Waals surface area contributed by atoms with Gasteiger partial charge >= 0.3 is 0 Å². The third kappa shape index (κ3) is 40.6. The average Bonchev–Trinajstić information content (AvgIpc) is 3.15. The quantitative estimate of drug-likeness (QED) is 0.0545. The Bertz CT molecular complexity index is 670. The SMILES string of the molecule is CCCCCCCCCCCCCCCCCCCCCCCCCCCCCCCCCCCC(O)C(CO)NC(=O)CCCCCCCCC. The topological polar surface area (TPSA) is 69.6 Å². The molecule has 2 unspecified atom stereocenters. The zero-order valence-electron chi connectivity index (χ0n) is 35.9. The predicted octanol–water partition coefficient (Wildman–Crippen LogP) is 15.2. The molecular weight excluding hydrogens is 639 g/mol. The van der Waals surface area contributed by atoms with Crippen molar-refractivity contribution in [2.24, 2.45) is 0 Å². The van der Waals surface area contributed by atoms with E-state index >= 15 is 0 Å². The van der Waals surface area contributed by atoms with Crippen LogP contribution in [0, 0.1) is 0 Å². The number of hydrogen-bond acceptors (Lipinski definition) is 3. The maximum atomic E-state index is 12.2. The van der Waals surface area contributed by atoms with Gasteiger partial charge in [-0.2, -0.15) is 0 Å². The summed E-state index contributed by atoms with van der Waals surface area (Å²) in [5, 5.41) is 23.0. The minimum atomic E-state index is -0.651. The number of hydrogen-bond donors (Lipinski definition) is 3. The molecule has 0 fully saturated rings. The lowest BCUT2D eigenvalue weighted by atomic mass is 10.0. The van der Waals surface area contributed by atoms with Gasteiger partial charge in [-0.05, 0) is 12.8 Å². The van der Waals surface area contributed by atoms with E-state index in [9.17, 15) is 15.0 Å². The van der Waals surface area contributed by atoms with E-state index in [1.165, 1.54) is 231 Å². The minimum absolute atomic E-state index is 0.0344. The van der Waals surface area contributed by atoms with Crippen LogP contribution in [-0.4, -0.2) is 34.9 Å². The largest absolute Gasteiger partial charge is 0.394 e. The monoisotopic (exact) mass is 736 g/mol. The summed E-state index contributed by atoms with van der Waals surface area (Å²) in [7, 11) is 0. The van der Waals surface area contributed by atoms with Gasteiger partial charge in [-0.15, -0.1) is 0 Å². The summed E-state index contributed by atoms with van der Waals surface area (Å²) in [5.41, 5.74) is 0. The Hall–Kier alpha value is -0.610. The molecule has 0 aliphatic carbocycles. The summed E-state index contributed by atoms with van der Waals surface area (Å²) in [6, 6.07) is -0.527. The van der Waals surface area contributed by atoms with Crippen molar-refractivity contribution in [2.75, 3.05) is 6.61 Å². The van der Waals surface area contributed by atoms with Crippen LogP contribution in [0.3, 0.4) is 0 Å². The van der Waals surface area contributed by atoms with Gasteiger partial charge in [0.25, 0.3) is 0 Å². The second-order valence-electron chi connectivity index (χ2n) is 16.9. The number of amides is 1. The normalized spacial score (nSPS) is 12.8. The van der Waals surface area contributed by atoms with Crippen LogP contribution in [0.4, 0.5) is 0 Å². The van der Waals surface area contributed by atoms with E-state index in [1.54, 1.807) is 0 Å². The summed E-state index contributed by atoms with van der Waals surface area (Å²) in [6.45, 7) is 4.34. The fraction of sp³-hybridized carbons (Fsp3) is 0.979. The minimum Gasteiger partial charge on any atom is -0.394 e. The van der Waals surface area contributed by atoms with Crippen molar-refractivity contribution in [1.82, 2.24) is 5.32 Å². The molecule has 0 rings (SSSR count). The molecule has 0 aromatic rings. The Morgan fingerprint density at radius 3 is 0.865 bits per heavy atom. The van der Waals surface area contributed by atoms with Gasteiger partial charge in [-0.3, -0.25) is 4.79 Å². The Kier molecular flexibility index (Phi) is 44.3. The Labute approximate surface area is 327 Å². The molecule has 3 N–H and O–H groups in total. The van der Waals surface area contributed by atoms with Gasteiger partial charge in [0.15, 0.2) is 0 Å². The molecule has 0 heterocycles. The molecule has 0 saturated carbocycles. The number of unbranched alkanes of at least 4 members (excludes halogenated alkanes) is 38. The first kappa shape index (κ1) is 51.4. The number of aliphatic hydroxyl groups is 2. The Morgan fingerprint density at radius 2 is 0.615 bits per heavy atom. The van der Waals surface area contributed by atoms with Gasteiger partial charge in [0, 0.05) is 6.42 Å². The van der Waals surface area contributed by atoms with E-state index in [4.69, 9.17) is 0 Å². The van der Waals surface area contributed by atoms with Gasteiger partial charge in [-0.25, -0.2) is 0 Å². The number of nitrogens with one attached hydrogen (secondary N) is 1. The molecule has 0 aliphatic heterocycles. The van der Waals surface area contributed by atoms with Crippen LogP contribution in [0.25, 0.3) is 0 Å². The van der Waals surface area contributed by atoms with Crippen LogP contribution >= 0.6 is 0 Å². The number of aliphatic hydroxyl groups excluding tert-OH is 2. The maximum Gasteiger partial charge on any atom is 0.220 e. The van der Waals surface area contributed by atoms with Gasteiger partial charge in [0.2, 0.25) is 5.91 Å². The smallest absolute Gasteiger partial charge is 0.220 e. The van der Waals surface area contributed by atoms with Gasteiger partial charge in [0.1, 0.15) is 0 Å². The highest BCUT2D eigenvalue weighted by molar-refractivity contribution is 5.76. The van der Waals surface area contributed by atoms with Crippen molar-refractivity contribution in [3.63, 3.8) is 0 Å². The first-order chi connectivity index (χ1) is 25.7. The zero-order chi connectivity index (χ0) is 37.8. The summed E-state index contributed by atoms with van der Waals surface area (Å²) in [4.78, 5) is 12.2. The molecule has 0 aliphatic rings. The molecule has 1 amide bonds. The molecule has 0 saturated heterocycles. The molecule has 4 nitrogen and oxygen atoms in total. The fourth-order valence-electron chi connectivity index (χ4n) is 7.89. The van der Waals surface area contributed by atoms with Crippen LogP contribution < -0.4 is 5.32 Å². The van der Waals surface area contributed by atoms with Crippen molar-refractivity contribution >= 4 is 5.91 Å². The van der Waals surface area contributed by atoms with Crippen LogP contribution in [0.2, 0.25) is 0 Å². The zero-order valence-corrected chi connectivity index (χ0v) is 35.9. The molecule has 312 valence electrons. The van der Waals surface area contributed by atoms with Gasteiger partial charge in [0.05, 0.1) is 18.8 Å². The molecule has 52 heavy (non-hydrogen) atoms. The first-order valence-corrected chi connectivity index (χ1v) is 24.2. The molecule has 0 aromatic carbocycles. The highest BCUT2D eigenvalue weighted by Crippen LogP contribution is 2.18. The number of rotatable bonds is 45. The van der Waals surface area contributed by atoms with Crippen LogP contribution in [0.5, 0.6) is 0 Å². The molecule has 0 aromatic heterocycles. The lowest BCUT2D eigenvalue weighted by Crippen LogP contribution is -2.45. The van der Waals surface area contributed by atoms with Gasteiger partial charge < -0.3 is 15.5 Å². The Morgan fingerprint density at radius 1 is 0.385 bits per heavy atom. The first-order valence-electron chi connectivity index (χ1n) is 24.2. The predicted molar refractivity (Wildman–Crippen MR) is 230 cm³/mol. The van der Waals surface area contributed by atoms with Crippen LogP contribution in [0.15, 0.2) is 0 Å². The fourth-order valence-corrected chi connectivity index (χ4v) is 7.89. The van der Waals surface area contributed by atoms with Crippen molar-refractivity contribution in [1.29, 1.82) is 0 Å². The van der Waals surface area contributed by atoms with E-state index in [2.05, 4.69) is 19.2 Å². The molecule has 2 atom stereocenters. The summed E-state index contributed by atoms with van der Waals surface area (Å²) >= 11 is 0. The van der Waals surface area contributed by atoms with Crippen molar-refractivity contribution < 1.29 is 15.0 Å². The van der Waals surface area contributed by atoms with Crippen molar-refractivity contribution in [3.05, 3.63) is 0 Å². The van der Waals surface area contributed by atoms with E-state index in [0.717, 1.165) is 25.7 Å². The summed E-state index contributed by atoms with van der Waals surface area (Å²) < 4.78 is 0. The lowest BCUT2D eigenvalue weighted by Gasteiger charge is -2.22. The second-order valence-corrected chi connectivity index (χ2v) is 16.9. The summed E-state index contributed by atoms with van der Waals surface area (Å²) in [6.07, 6.45) is 55.3. The Balaban J connectivity index is 3.30. The van der Waals surface area contributed by atoms with Crippen LogP contribution in [-0.2, 0) is 4.79 Å². The highest BCUT2D eigenvalue weighted by Gasteiger charge is 2.20. The molecule has 0 radical (unpaired) electrons. The van der Waals surface area contributed by atoms with E-state index < -0.39 is 12.1 Å². The molecule has 4 heteroatoms. The molecule has 0 spiro atoms. The van der Waals surface area contributed by atoms with Crippen molar-refractivity contribution in [2.45, 2.75) is 296 Å². The van der Waals surface area contributed by atoms with E-state index in [-0.39, 0.29) is 12.5 Å². The van der Waals surface area contributed by atoms with Gasteiger partial charge in [-0.1, -0.05) is 264 Å². The maximum absolute atomic E-state index is 12.2. The third-order valence-electron chi connectivity index (χ3n) is 11.6. The van der Waals surface area contributed by atoms with E-state index in [1.807, 2.05) is 0 Å². The lowest BCUT2D eigenvalue weighted by molar-refractivity contribution is -0.123. The van der Waals surface area contributed by atoms with Crippen molar-refractivity contribution in [3.8, 4) is 0 Å². The third-order valence-corrected chi connectivity index (χ3v) is 11.6. The average molecular weight is 736 g/mol. The molecule has 0 bridgehead atoms. The molecular formula is C48H97NO3. The number of carbonyl (C=O) groups is 1. The highest BCUT2D eigenvalue weighted by atomic mass is 16.3. The summed E-state index contributed by atoms with van der Waals surface area (Å²) in [5.74, 6) is -0.0344. The standard InChI is InChI=1S/C48H97NO3/c1-3-5-7-9-11-12-13-14-15-16-17-18-19-20-21-22-23-24-25-26-27-28-29-30-31-32-33-34-35-36-38-39-41-43-47(51)46(45-50)49-48(52)44-42-40-37-10-8-6-4-2/h46-47,50-51H,3-45H2,1-2H3,(H,49,52).